The van der Waals surface area contributed by atoms with Gasteiger partial charge in [0.15, 0.2) is 0 Å². The lowest BCUT2D eigenvalue weighted by Crippen LogP contribution is -2.07. The highest BCUT2D eigenvalue weighted by Crippen LogP contribution is 2.37. The van der Waals surface area contributed by atoms with Gasteiger partial charge in [0, 0.05) is 0 Å². The van der Waals surface area contributed by atoms with Crippen LogP contribution in [0.5, 0.6) is 0 Å². The number of hydrogen-bond acceptors (Lipinski definition) is 0. The van der Waals surface area contributed by atoms with E-state index in [9.17, 15) is 0 Å². The van der Waals surface area contributed by atoms with Gasteiger partial charge in [-0.2, -0.15) is 0 Å². The van der Waals surface area contributed by atoms with Crippen molar-refractivity contribution in [2.24, 2.45) is 5.41 Å². The minimum Gasteiger partial charge on any atom is -0.0620 e. The van der Waals surface area contributed by atoms with Crippen molar-refractivity contribution in [3.63, 3.8) is 0 Å². The molecule has 0 fully saturated rings. The van der Waals surface area contributed by atoms with Crippen LogP contribution in [0, 0.1) is 11.8 Å². The Hall–Kier alpha value is -0.780. The second kappa shape index (κ2) is 2.10. The molecular weight excluding hydrogens is 132 g/mol. The van der Waals surface area contributed by atoms with Crippen molar-refractivity contribution >= 4 is 0 Å². The van der Waals surface area contributed by atoms with E-state index in [1.54, 1.807) is 0 Å². The molecule has 0 amide bonds. The first-order valence-corrected chi connectivity index (χ1v) is 4.11. The van der Waals surface area contributed by atoms with Gasteiger partial charge in [-0.15, -0.1) is 0 Å². The van der Waals surface area contributed by atoms with E-state index in [0.717, 1.165) is 0 Å². The molecule has 0 nitrogen and oxygen atoms in total. The lowest BCUT2D eigenvalue weighted by molar-refractivity contribution is 0.471. The summed E-state index contributed by atoms with van der Waals surface area (Å²) in [4.78, 5) is 0. The molecule has 2 rings (SSSR count). The first-order valence-electron chi connectivity index (χ1n) is 4.11. The topological polar surface area (TPSA) is 0 Å². The van der Waals surface area contributed by atoms with E-state index < -0.39 is 0 Å². The van der Waals surface area contributed by atoms with Gasteiger partial charge in [-0.3, -0.25) is 0 Å². The summed E-state index contributed by atoms with van der Waals surface area (Å²) in [6, 6.07) is 8.65. The Bertz CT molecular complexity index is 244. The van der Waals surface area contributed by atoms with Crippen LogP contribution < -0.4 is 0 Å². The standard InChI is InChI=1S/C11H13/c1-11(2)7-9-5-3-4-6-10(9)8-11/h3-7H,8H2,1-2H3. The van der Waals surface area contributed by atoms with Crippen LogP contribution in [-0.2, 0) is 6.42 Å². The van der Waals surface area contributed by atoms with E-state index in [-0.39, 0.29) is 0 Å². The third-order valence-corrected chi connectivity index (χ3v) is 2.25. The maximum absolute atomic E-state index is 2.36. The fourth-order valence-electron chi connectivity index (χ4n) is 1.80. The molecule has 0 aliphatic heterocycles. The zero-order valence-electron chi connectivity index (χ0n) is 7.09. The molecule has 0 heteroatoms. The Morgan fingerprint density at radius 1 is 1.18 bits per heavy atom. The largest absolute Gasteiger partial charge is 0.0620 e. The van der Waals surface area contributed by atoms with Crippen molar-refractivity contribution in [2.45, 2.75) is 20.3 Å². The number of fused-ring (bicyclic) bond motifs is 1. The smallest absolute Gasteiger partial charge is 0.00305 e. The van der Waals surface area contributed by atoms with Crippen molar-refractivity contribution in [1.82, 2.24) is 0 Å². The maximum Gasteiger partial charge on any atom is -0.00305 e. The summed E-state index contributed by atoms with van der Waals surface area (Å²) in [7, 11) is 0. The molecule has 1 aromatic rings. The maximum atomic E-state index is 2.36. The van der Waals surface area contributed by atoms with Gasteiger partial charge >= 0.3 is 0 Å². The predicted molar refractivity (Wildman–Crippen MR) is 47.3 cm³/mol. The van der Waals surface area contributed by atoms with Crippen LogP contribution in [0.25, 0.3) is 0 Å². The lowest BCUT2D eigenvalue weighted by Gasteiger charge is -2.14. The summed E-state index contributed by atoms with van der Waals surface area (Å²) < 4.78 is 0. The molecule has 0 saturated heterocycles. The molecule has 0 atom stereocenters. The third kappa shape index (κ3) is 1.18. The number of hydrogen-bond donors (Lipinski definition) is 0. The predicted octanol–water partition coefficient (Wildman–Crippen LogP) is 2.82. The van der Waals surface area contributed by atoms with Crippen molar-refractivity contribution in [2.75, 3.05) is 0 Å². The Labute approximate surface area is 68.3 Å². The Morgan fingerprint density at radius 3 is 2.64 bits per heavy atom. The molecule has 1 aliphatic carbocycles. The second-order valence-corrected chi connectivity index (χ2v) is 4.01. The molecule has 0 heterocycles. The van der Waals surface area contributed by atoms with Crippen molar-refractivity contribution < 1.29 is 0 Å². The third-order valence-electron chi connectivity index (χ3n) is 2.25. The minimum atomic E-state index is 0.379. The van der Waals surface area contributed by atoms with Gasteiger partial charge in [0.05, 0.1) is 0 Å². The van der Waals surface area contributed by atoms with Crippen molar-refractivity contribution in [3.8, 4) is 0 Å². The molecule has 1 radical (unpaired) electrons. The minimum absolute atomic E-state index is 0.379. The average molecular weight is 145 g/mol. The van der Waals surface area contributed by atoms with E-state index >= 15 is 0 Å². The van der Waals surface area contributed by atoms with Crippen molar-refractivity contribution in [1.29, 1.82) is 0 Å². The van der Waals surface area contributed by atoms with Gasteiger partial charge in [0.1, 0.15) is 0 Å². The second-order valence-electron chi connectivity index (χ2n) is 4.01. The Kier molecular flexibility index (Phi) is 1.32. The first kappa shape index (κ1) is 6.90. The summed E-state index contributed by atoms with van der Waals surface area (Å²) in [6.45, 7) is 4.57. The molecule has 1 aromatic carbocycles. The molecule has 0 spiro atoms. The number of rotatable bonds is 0. The van der Waals surface area contributed by atoms with E-state index in [2.05, 4.69) is 44.5 Å². The fourth-order valence-corrected chi connectivity index (χ4v) is 1.80. The van der Waals surface area contributed by atoms with Crippen LogP contribution in [0.3, 0.4) is 0 Å². The molecule has 11 heavy (non-hydrogen) atoms. The van der Waals surface area contributed by atoms with Crippen LogP contribution >= 0.6 is 0 Å². The molecule has 1 aliphatic rings. The van der Waals surface area contributed by atoms with Gasteiger partial charge in [-0.25, -0.2) is 0 Å². The summed E-state index contributed by atoms with van der Waals surface area (Å²) in [6.07, 6.45) is 3.56. The highest BCUT2D eigenvalue weighted by molar-refractivity contribution is 5.40. The summed E-state index contributed by atoms with van der Waals surface area (Å²) in [5.74, 6) is 0. The highest BCUT2D eigenvalue weighted by atomic mass is 14.3. The molecule has 0 N–H and O–H groups in total. The molecular formula is C11H13. The zero-order valence-corrected chi connectivity index (χ0v) is 7.09. The van der Waals surface area contributed by atoms with Gasteiger partial charge in [0.25, 0.3) is 0 Å². The quantitative estimate of drug-likeness (QED) is 0.526. The lowest BCUT2D eigenvalue weighted by atomic mass is 9.90. The number of benzene rings is 1. The average Bonchev–Trinajstić information content (AvgIpc) is 2.21. The fraction of sp³-hybridized carbons (Fsp3) is 0.364. The Morgan fingerprint density at radius 2 is 1.91 bits per heavy atom. The molecule has 0 bridgehead atoms. The molecule has 0 unspecified atom stereocenters. The summed E-state index contributed by atoms with van der Waals surface area (Å²) in [5.41, 5.74) is 3.30. The van der Waals surface area contributed by atoms with Crippen LogP contribution in [0.2, 0.25) is 0 Å². The zero-order chi connectivity index (χ0) is 7.90. The SMILES string of the molecule is CC1(C)[CH]c2ccccc2C1. The van der Waals surface area contributed by atoms with E-state index in [1.807, 2.05) is 0 Å². The van der Waals surface area contributed by atoms with Crippen molar-refractivity contribution in [3.05, 3.63) is 41.8 Å². The van der Waals surface area contributed by atoms with Crippen LogP contribution in [0.15, 0.2) is 24.3 Å². The Balaban J connectivity index is 2.41. The summed E-state index contributed by atoms with van der Waals surface area (Å²) >= 11 is 0. The van der Waals surface area contributed by atoms with Gasteiger partial charge < -0.3 is 0 Å². The molecule has 0 aromatic heterocycles. The van der Waals surface area contributed by atoms with E-state index in [0.29, 0.717) is 5.41 Å². The monoisotopic (exact) mass is 145 g/mol. The first-order chi connectivity index (χ1) is 5.17. The van der Waals surface area contributed by atoms with E-state index in [4.69, 9.17) is 0 Å². The summed E-state index contributed by atoms with van der Waals surface area (Å²) in [5, 5.41) is 0. The van der Waals surface area contributed by atoms with Gasteiger partial charge in [-0.1, -0.05) is 38.1 Å². The molecule has 0 saturated carbocycles. The van der Waals surface area contributed by atoms with Gasteiger partial charge in [0.2, 0.25) is 0 Å². The molecule has 57 valence electrons. The van der Waals surface area contributed by atoms with Gasteiger partial charge in [-0.05, 0) is 29.4 Å². The van der Waals surface area contributed by atoms with Crippen LogP contribution in [0.4, 0.5) is 0 Å². The van der Waals surface area contributed by atoms with E-state index in [1.165, 1.54) is 17.5 Å². The normalized spacial score (nSPS) is 19.8. The van der Waals surface area contributed by atoms with Crippen LogP contribution in [0.1, 0.15) is 25.0 Å². The highest BCUT2D eigenvalue weighted by Gasteiger charge is 2.27. The van der Waals surface area contributed by atoms with Crippen LogP contribution in [-0.4, -0.2) is 0 Å².